The molecular weight excluding hydrogens is 358 g/mol. The maximum Gasteiger partial charge on any atom is 0.343 e. The molecule has 1 aliphatic heterocycles. The predicted molar refractivity (Wildman–Crippen MR) is 98.5 cm³/mol. The molecule has 0 spiro atoms. The van der Waals surface area contributed by atoms with Gasteiger partial charge in [0.2, 0.25) is 0 Å². The minimum atomic E-state index is -0.490. The maximum absolute atomic E-state index is 12.2. The number of hydrogen-bond donors (Lipinski definition) is 1. The van der Waals surface area contributed by atoms with Gasteiger partial charge in [-0.2, -0.15) is 0 Å². The van der Waals surface area contributed by atoms with Crippen molar-refractivity contribution in [3.63, 3.8) is 0 Å². The van der Waals surface area contributed by atoms with Gasteiger partial charge in [0.15, 0.2) is 18.1 Å². The van der Waals surface area contributed by atoms with Crippen LogP contribution < -0.4 is 14.8 Å². The van der Waals surface area contributed by atoms with E-state index >= 15 is 0 Å². The van der Waals surface area contributed by atoms with Crippen LogP contribution in [-0.2, 0) is 14.3 Å². The van der Waals surface area contributed by atoms with Crippen molar-refractivity contribution in [2.75, 3.05) is 26.1 Å². The van der Waals surface area contributed by atoms with Crippen molar-refractivity contribution in [2.45, 2.75) is 0 Å². The molecule has 0 saturated heterocycles. The molecule has 6 nitrogen and oxygen atoms in total. The smallest absolute Gasteiger partial charge is 0.343 e. The summed E-state index contributed by atoms with van der Waals surface area (Å²) in [5, 5.41) is 3.34. The van der Waals surface area contributed by atoms with Gasteiger partial charge >= 0.3 is 5.97 Å². The second-order valence-corrected chi connectivity index (χ2v) is 5.91. The Morgan fingerprint density at radius 3 is 2.69 bits per heavy atom. The minimum Gasteiger partial charge on any atom is -0.493 e. The number of carbonyl (C=O) groups is 2. The molecule has 3 rings (SSSR count). The van der Waals surface area contributed by atoms with Gasteiger partial charge in [-0.3, -0.25) is 4.79 Å². The number of rotatable bonds is 5. The Kier molecular flexibility index (Phi) is 5.14. The first-order chi connectivity index (χ1) is 12.5. The van der Waals surface area contributed by atoms with E-state index < -0.39 is 5.97 Å². The monoisotopic (exact) mass is 373 g/mol. The largest absolute Gasteiger partial charge is 0.493 e. The van der Waals surface area contributed by atoms with Gasteiger partial charge in [-0.15, -0.1) is 0 Å². The van der Waals surface area contributed by atoms with E-state index in [-0.39, 0.29) is 12.5 Å². The standard InChI is InChI=1S/C19H16ClNO5/c1-24-17-8-11(3-6-16(17)26-10-18(22)25-2)7-14-13-5-4-12(20)9-15(13)21-19(14)23/h3-9H,10H2,1-2H3,(H,21,23). The number of anilines is 1. The van der Waals surface area contributed by atoms with Crippen LogP contribution in [0.2, 0.25) is 5.02 Å². The molecule has 0 atom stereocenters. The average molecular weight is 374 g/mol. The van der Waals surface area contributed by atoms with Crippen LogP contribution in [-0.4, -0.2) is 32.7 Å². The SMILES string of the molecule is COC(=O)COc1ccc(C=C2C(=O)Nc3cc(Cl)ccc32)cc1OC. The highest BCUT2D eigenvalue weighted by Gasteiger charge is 2.24. The van der Waals surface area contributed by atoms with Gasteiger partial charge in [-0.25, -0.2) is 4.79 Å². The normalized spacial score (nSPS) is 14.0. The summed E-state index contributed by atoms with van der Waals surface area (Å²) in [4.78, 5) is 23.5. The summed E-state index contributed by atoms with van der Waals surface area (Å²) in [6, 6.07) is 10.4. The lowest BCUT2D eigenvalue weighted by molar-refractivity contribution is -0.142. The molecule has 0 aliphatic carbocycles. The topological polar surface area (TPSA) is 73.9 Å². The molecule has 0 aromatic heterocycles. The fraction of sp³-hybridized carbons (Fsp3) is 0.158. The van der Waals surface area contributed by atoms with E-state index in [4.69, 9.17) is 21.1 Å². The molecule has 0 unspecified atom stereocenters. The van der Waals surface area contributed by atoms with Crippen molar-refractivity contribution in [3.8, 4) is 11.5 Å². The molecule has 1 amide bonds. The van der Waals surface area contributed by atoms with Gasteiger partial charge in [-0.05, 0) is 35.9 Å². The Bertz CT molecular complexity index is 907. The third kappa shape index (κ3) is 3.65. The maximum atomic E-state index is 12.2. The van der Waals surface area contributed by atoms with E-state index in [0.29, 0.717) is 27.8 Å². The van der Waals surface area contributed by atoms with Crippen molar-refractivity contribution >= 4 is 40.8 Å². The third-order valence-corrected chi connectivity index (χ3v) is 4.07. The molecule has 134 valence electrons. The Morgan fingerprint density at radius 2 is 1.96 bits per heavy atom. The van der Waals surface area contributed by atoms with Gasteiger partial charge in [0.05, 0.1) is 19.9 Å². The molecule has 0 saturated carbocycles. The van der Waals surface area contributed by atoms with Crippen molar-refractivity contribution in [2.24, 2.45) is 0 Å². The van der Waals surface area contributed by atoms with E-state index in [0.717, 1.165) is 11.1 Å². The number of nitrogens with one attached hydrogen (secondary N) is 1. The summed E-state index contributed by atoms with van der Waals surface area (Å²) >= 11 is 5.96. The van der Waals surface area contributed by atoms with Gasteiger partial charge < -0.3 is 19.5 Å². The molecule has 26 heavy (non-hydrogen) atoms. The van der Waals surface area contributed by atoms with Crippen molar-refractivity contribution < 1.29 is 23.8 Å². The number of esters is 1. The van der Waals surface area contributed by atoms with Crippen LogP contribution in [0.25, 0.3) is 11.6 Å². The molecule has 7 heteroatoms. The van der Waals surface area contributed by atoms with Crippen LogP contribution in [0.1, 0.15) is 11.1 Å². The minimum absolute atomic E-state index is 0.202. The number of amides is 1. The van der Waals surface area contributed by atoms with E-state index in [9.17, 15) is 9.59 Å². The second kappa shape index (κ2) is 7.49. The highest BCUT2D eigenvalue weighted by atomic mass is 35.5. The first-order valence-corrected chi connectivity index (χ1v) is 8.10. The van der Waals surface area contributed by atoms with Crippen LogP contribution in [0.4, 0.5) is 5.69 Å². The zero-order chi connectivity index (χ0) is 18.7. The number of fused-ring (bicyclic) bond motifs is 1. The molecule has 0 radical (unpaired) electrons. The molecule has 1 heterocycles. The van der Waals surface area contributed by atoms with Crippen molar-refractivity contribution in [1.82, 2.24) is 0 Å². The van der Waals surface area contributed by atoms with Gasteiger partial charge in [-0.1, -0.05) is 23.7 Å². The lowest BCUT2D eigenvalue weighted by Gasteiger charge is -2.10. The summed E-state index contributed by atoms with van der Waals surface area (Å²) < 4.78 is 15.2. The third-order valence-electron chi connectivity index (χ3n) is 3.84. The quantitative estimate of drug-likeness (QED) is 0.642. The Balaban J connectivity index is 1.90. The van der Waals surface area contributed by atoms with Crippen LogP contribution in [0, 0.1) is 0 Å². The number of methoxy groups -OCH3 is 2. The Labute approximate surface area is 155 Å². The molecule has 2 aromatic rings. The molecular formula is C19H16ClNO5. The Morgan fingerprint density at radius 1 is 1.15 bits per heavy atom. The van der Waals surface area contributed by atoms with E-state index in [1.54, 1.807) is 42.5 Å². The molecule has 2 aromatic carbocycles. The first-order valence-electron chi connectivity index (χ1n) is 7.72. The zero-order valence-corrected chi connectivity index (χ0v) is 14.9. The lowest BCUT2D eigenvalue weighted by atomic mass is 10.0. The highest BCUT2D eigenvalue weighted by Crippen LogP contribution is 2.36. The van der Waals surface area contributed by atoms with Crippen LogP contribution >= 0.6 is 11.6 Å². The molecule has 0 fully saturated rings. The number of halogens is 1. The highest BCUT2D eigenvalue weighted by molar-refractivity contribution is 6.36. The summed E-state index contributed by atoms with van der Waals surface area (Å²) in [5.74, 6) is 0.157. The molecule has 1 aliphatic rings. The van der Waals surface area contributed by atoms with E-state index in [1.165, 1.54) is 14.2 Å². The van der Waals surface area contributed by atoms with Crippen molar-refractivity contribution in [3.05, 3.63) is 52.5 Å². The van der Waals surface area contributed by atoms with Crippen molar-refractivity contribution in [1.29, 1.82) is 0 Å². The second-order valence-electron chi connectivity index (χ2n) is 5.48. The zero-order valence-electron chi connectivity index (χ0n) is 14.2. The average Bonchev–Trinajstić information content (AvgIpc) is 2.94. The van der Waals surface area contributed by atoms with Crippen LogP contribution in [0.15, 0.2) is 36.4 Å². The number of hydrogen-bond acceptors (Lipinski definition) is 5. The van der Waals surface area contributed by atoms with Gasteiger partial charge in [0, 0.05) is 16.2 Å². The number of ether oxygens (including phenoxy) is 3. The first kappa shape index (κ1) is 17.8. The summed E-state index contributed by atoms with van der Waals surface area (Å²) in [7, 11) is 2.78. The van der Waals surface area contributed by atoms with Crippen LogP contribution in [0.5, 0.6) is 11.5 Å². The summed E-state index contributed by atoms with van der Waals surface area (Å²) in [6.45, 7) is -0.218. The number of benzene rings is 2. The summed E-state index contributed by atoms with van der Waals surface area (Å²) in [5.41, 5.74) is 2.74. The van der Waals surface area contributed by atoms with Gasteiger partial charge in [0.25, 0.3) is 5.91 Å². The fourth-order valence-electron chi connectivity index (χ4n) is 2.57. The molecule has 1 N–H and O–H groups in total. The fourth-order valence-corrected chi connectivity index (χ4v) is 2.74. The van der Waals surface area contributed by atoms with E-state index in [1.807, 2.05) is 0 Å². The number of carbonyl (C=O) groups excluding carboxylic acids is 2. The summed E-state index contributed by atoms with van der Waals surface area (Å²) in [6.07, 6.45) is 1.75. The lowest BCUT2D eigenvalue weighted by Crippen LogP contribution is -2.12. The Hall–Kier alpha value is -2.99. The predicted octanol–water partition coefficient (Wildman–Crippen LogP) is 3.39. The van der Waals surface area contributed by atoms with Crippen LogP contribution in [0.3, 0.4) is 0 Å². The van der Waals surface area contributed by atoms with E-state index in [2.05, 4.69) is 10.1 Å². The van der Waals surface area contributed by atoms with Gasteiger partial charge in [0.1, 0.15) is 0 Å². The molecule has 0 bridgehead atoms.